The predicted octanol–water partition coefficient (Wildman–Crippen LogP) is 0.281. The van der Waals surface area contributed by atoms with Crippen LogP contribution in [0, 0.1) is 5.92 Å². The molecule has 1 unspecified atom stereocenters. The minimum atomic E-state index is -0.667. The van der Waals surface area contributed by atoms with E-state index in [1.807, 2.05) is 0 Å². The Kier molecular flexibility index (Phi) is 5.38. The number of carbonyl (C=O) groups excluding carboxylic acids is 2. The van der Waals surface area contributed by atoms with Crippen LogP contribution in [-0.2, 0) is 9.59 Å². The van der Waals surface area contributed by atoms with E-state index in [1.54, 1.807) is 6.08 Å². The van der Waals surface area contributed by atoms with Crippen molar-refractivity contribution in [2.24, 2.45) is 11.8 Å². The van der Waals surface area contributed by atoms with Gasteiger partial charge in [0, 0.05) is 6.54 Å². The largest absolute Gasteiger partial charge is 0.503 e. The maximum absolute atomic E-state index is 11.7. The molecule has 100 valence electrons. The second-order valence-corrected chi connectivity index (χ2v) is 4.36. The van der Waals surface area contributed by atoms with Crippen molar-refractivity contribution in [2.75, 3.05) is 6.54 Å². The second kappa shape index (κ2) is 6.80. The number of hydrogen-bond donors (Lipinski definition) is 4. The molecule has 1 aliphatic heterocycles. The highest BCUT2D eigenvalue weighted by Gasteiger charge is 2.18. The van der Waals surface area contributed by atoms with E-state index in [-0.39, 0.29) is 5.70 Å². The zero-order chi connectivity index (χ0) is 13.5. The normalized spacial score (nSPS) is 28.9. The highest BCUT2D eigenvalue weighted by atomic mass is 16.3. The van der Waals surface area contributed by atoms with Crippen molar-refractivity contribution in [1.29, 1.82) is 0 Å². The summed E-state index contributed by atoms with van der Waals surface area (Å²) in [5.74, 6) is 3.73. The number of aliphatic hydroxyl groups excluding tert-OH is 1. The summed E-state index contributed by atoms with van der Waals surface area (Å²) < 4.78 is 0. The summed E-state index contributed by atoms with van der Waals surface area (Å²) in [6.45, 7) is 2.57. The molecule has 0 fully saturated rings. The Morgan fingerprint density at radius 1 is 1.44 bits per heavy atom. The van der Waals surface area contributed by atoms with Gasteiger partial charge in [0.1, 0.15) is 0 Å². The van der Waals surface area contributed by atoms with Gasteiger partial charge in [-0.05, 0) is 31.3 Å². The number of amides is 1. The lowest BCUT2D eigenvalue weighted by atomic mass is 10.0. The molecule has 0 aliphatic carbocycles. The molecular weight excluding hydrogens is 234 g/mol. The molecule has 0 saturated heterocycles. The first-order valence-corrected chi connectivity index (χ1v) is 5.95. The van der Waals surface area contributed by atoms with Gasteiger partial charge in [-0.15, -0.1) is 0 Å². The van der Waals surface area contributed by atoms with Crippen LogP contribution in [0.15, 0.2) is 23.6 Å². The lowest BCUT2D eigenvalue weighted by Crippen LogP contribution is -2.38. The van der Waals surface area contributed by atoms with Gasteiger partial charge >= 0.3 is 0 Å². The van der Waals surface area contributed by atoms with Crippen molar-refractivity contribution < 1.29 is 14.7 Å². The van der Waals surface area contributed by atoms with E-state index in [0.29, 0.717) is 12.5 Å². The van der Waals surface area contributed by atoms with Crippen molar-refractivity contribution in [3.8, 4) is 0 Å². The number of rotatable bonds is 1. The van der Waals surface area contributed by atoms with Crippen LogP contribution in [0.4, 0.5) is 0 Å². The third kappa shape index (κ3) is 3.89. The molecule has 0 spiro atoms. The van der Waals surface area contributed by atoms with Gasteiger partial charge in [-0.2, -0.15) is 0 Å². The molecule has 0 saturated carbocycles. The van der Waals surface area contributed by atoms with Crippen molar-refractivity contribution >= 4 is 11.7 Å². The minimum absolute atomic E-state index is 0.308. The fourth-order valence-electron chi connectivity index (χ4n) is 1.68. The number of carbonyl (C=O) groups is 2. The molecule has 0 bridgehead atoms. The predicted molar refractivity (Wildman–Crippen MR) is 67.1 cm³/mol. The number of hydrazine groups is 1. The highest BCUT2D eigenvalue weighted by Crippen LogP contribution is 2.11. The molecule has 0 radical (unpaired) electrons. The summed E-state index contributed by atoms with van der Waals surface area (Å²) in [4.78, 5) is 23.2. The van der Waals surface area contributed by atoms with Gasteiger partial charge < -0.3 is 15.8 Å². The van der Waals surface area contributed by atoms with Crippen molar-refractivity contribution in [3.63, 3.8) is 0 Å². The van der Waals surface area contributed by atoms with Gasteiger partial charge in [0.05, 0.1) is 0 Å². The number of nitrogens with one attached hydrogen (secondary N) is 2. The van der Waals surface area contributed by atoms with E-state index < -0.39 is 17.4 Å². The van der Waals surface area contributed by atoms with E-state index in [1.165, 1.54) is 6.08 Å². The molecule has 6 nitrogen and oxygen atoms in total. The minimum Gasteiger partial charge on any atom is -0.503 e. The van der Waals surface area contributed by atoms with Gasteiger partial charge in [0.25, 0.3) is 5.91 Å². The Morgan fingerprint density at radius 3 is 2.83 bits per heavy atom. The third-order valence-electron chi connectivity index (χ3n) is 2.86. The third-order valence-corrected chi connectivity index (χ3v) is 2.86. The van der Waals surface area contributed by atoms with Gasteiger partial charge in [-0.25, -0.2) is 0 Å². The second-order valence-electron chi connectivity index (χ2n) is 4.36. The van der Waals surface area contributed by atoms with Crippen LogP contribution in [0.5, 0.6) is 0 Å². The molecule has 1 aliphatic rings. The van der Waals surface area contributed by atoms with E-state index in [2.05, 4.69) is 17.7 Å². The molecule has 1 amide bonds. The fourth-order valence-corrected chi connectivity index (χ4v) is 1.68. The Bertz CT molecular complexity index is 388. The molecule has 18 heavy (non-hydrogen) atoms. The van der Waals surface area contributed by atoms with E-state index in [9.17, 15) is 14.7 Å². The van der Waals surface area contributed by atoms with Gasteiger partial charge in [-0.1, -0.05) is 13.0 Å². The molecule has 5 N–H and O–H groups in total. The van der Waals surface area contributed by atoms with Crippen LogP contribution in [0.3, 0.4) is 0 Å². The van der Waals surface area contributed by atoms with Crippen LogP contribution in [0.1, 0.15) is 26.2 Å². The zero-order valence-electron chi connectivity index (χ0n) is 10.4. The van der Waals surface area contributed by atoms with Gasteiger partial charge in [0.2, 0.25) is 5.78 Å². The van der Waals surface area contributed by atoms with Crippen LogP contribution in [0.2, 0.25) is 0 Å². The SMILES string of the molecule is CC1CC/C=C\C(=O)/C(O)=C(\NN)C(=O)NCC1. The Hall–Kier alpha value is -1.82. The number of ketones is 1. The van der Waals surface area contributed by atoms with E-state index in [0.717, 1.165) is 19.3 Å². The first kappa shape index (κ1) is 14.2. The molecule has 1 rings (SSSR count). The molecule has 0 aromatic heterocycles. The van der Waals surface area contributed by atoms with Crippen molar-refractivity contribution in [1.82, 2.24) is 10.7 Å². The standard InChI is InChI=1S/C12H19N3O3/c1-8-4-2-3-5-9(16)11(17)10(15-13)12(18)14-7-6-8/h3,5,8,15,17H,2,4,6-7,13H2,1H3,(H,14,18)/b5-3-,11-10+. The van der Waals surface area contributed by atoms with Crippen LogP contribution < -0.4 is 16.6 Å². The average molecular weight is 253 g/mol. The summed E-state index contributed by atoms with van der Waals surface area (Å²) >= 11 is 0. The maximum atomic E-state index is 11.7. The van der Waals surface area contributed by atoms with Crippen LogP contribution in [0.25, 0.3) is 0 Å². The summed E-state index contributed by atoms with van der Waals surface area (Å²) in [5, 5.41) is 12.2. The molecule has 6 heteroatoms. The first-order chi connectivity index (χ1) is 8.56. The van der Waals surface area contributed by atoms with Gasteiger partial charge in [-0.3, -0.25) is 15.4 Å². The lowest BCUT2D eigenvalue weighted by molar-refractivity contribution is -0.119. The fraction of sp³-hybridized carbons (Fsp3) is 0.500. The molecule has 1 heterocycles. The van der Waals surface area contributed by atoms with Crippen molar-refractivity contribution in [3.05, 3.63) is 23.6 Å². The van der Waals surface area contributed by atoms with E-state index in [4.69, 9.17) is 5.84 Å². The Labute approximate surface area is 106 Å². The molecule has 0 aromatic rings. The number of allylic oxidation sites excluding steroid dienone is 2. The monoisotopic (exact) mass is 253 g/mol. The topological polar surface area (TPSA) is 104 Å². The number of nitrogens with two attached hydrogens (primary N) is 1. The Morgan fingerprint density at radius 2 is 2.17 bits per heavy atom. The average Bonchev–Trinajstić information content (AvgIpc) is 2.34. The Balaban J connectivity index is 2.94. The summed E-state index contributed by atoms with van der Waals surface area (Å²) in [7, 11) is 0. The lowest BCUT2D eigenvalue weighted by Gasteiger charge is -2.13. The molecule has 0 aromatic carbocycles. The van der Waals surface area contributed by atoms with Crippen LogP contribution >= 0.6 is 0 Å². The van der Waals surface area contributed by atoms with Gasteiger partial charge in [0.15, 0.2) is 11.5 Å². The zero-order valence-corrected chi connectivity index (χ0v) is 10.4. The summed E-state index contributed by atoms with van der Waals surface area (Å²) in [5.41, 5.74) is 1.75. The van der Waals surface area contributed by atoms with E-state index >= 15 is 0 Å². The quantitative estimate of drug-likeness (QED) is 0.397. The van der Waals surface area contributed by atoms with Crippen molar-refractivity contribution in [2.45, 2.75) is 26.2 Å². The maximum Gasteiger partial charge on any atom is 0.272 e. The number of hydrogen-bond acceptors (Lipinski definition) is 5. The molecule has 1 atom stereocenters. The summed E-state index contributed by atoms with van der Waals surface area (Å²) in [6.07, 6.45) is 5.49. The first-order valence-electron chi connectivity index (χ1n) is 5.95. The van der Waals surface area contributed by atoms with Crippen LogP contribution in [-0.4, -0.2) is 23.3 Å². The number of aliphatic hydroxyl groups is 1. The summed E-state index contributed by atoms with van der Waals surface area (Å²) in [6, 6.07) is 0. The highest BCUT2D eigenvalue weighted by molar-refractivity contribution is 6.08. The molecular formula is C12H19N3O3. The smallest absolute Gasteiger partial charge is 0.272 e.